The van der Waals surface area contributed by atoms with E-state index in [1.165, 1.54) is 0 Å². The lowest BCUT2D eigenvalue weighted by Gasteiger charge is -2.31. The zero-order chi connectivity index (χ0) is 14.0. The molecule has 102 valence electrons. The van der Waals surface area contributed by atoms with E-state index in [9.17, 15) is 4.79 Å². The van der Waals surface area contributed by atoms with E-state index < -0.39 is 5.41 Å². The molecule has 1 amide bonds. The molecule has 1 aromatic rings. The summed E-state index contributed by atoms with van der Waals surface area (Å²) in [5, 5.41) is 0. The summed E-state index contributed by atoms with van der Waals surface area (Å²) in [6.45, 7) is 2.01. The molecule has 19 heavy (non-hydrogen) atoms. The SMILES string of the molecule is Cc1cccc(N(C)C(=O)C2(C(N)=S)CCCC2)c1. The Balaban J connectivity index is 2.30. The Morgan fingerprint density at radius 3 is 2.53 bits per heavy atom. The van der Waals surface area contributed by atoms with Crippen molar-refractivity contribution >= 4 is 28.8 Å². The summed E-state index contributed by atoms with van der Waals surface area (Å²) in [6.07, 6.45) is 3.59. The Hall–Kier alpha value is -1.42. The molecule has 0 bridgehead atoms. The highest BCUT2D eigenvalue weighted by Crippen LogP contribution is 2.40. The third kappa shape index (κ3) is 2.50. The number of nitrogens with two attached hydrogens (primary N) is 1. The first kappa shape index (κ1) is 14.0. The molecule has 0 atom stereocenters. The molecular formula is C15H20N2OS. The topological polar surface area (TPSA) is 46.3 Å². The van der Waals surface area contributed by atoms with Crippen molar-refractivity contribution in [2.24, 2.45) is 11.1 Å². The minimum atomic E-state index is -0.631. The molecule has 0 spiro atoms. The van der Waals surface area contributed by atoms with Gasteiger partial charge in [0.2, 0.25) is 5.91 Å². The van der Waals surface area contributed by atoms with Gasteiger partial charge >= 0.3 is 0 Å². The summed E-state index contributed by atoms with van der Waals surface area (Å²) in [5.74, 6) is 0.0306. The van der Waals surface area contributed by atoms with Crippen LogP contribution in [0.1, 0.15) is 31.2 Å². The van der Waals surface area contributed by atoms with E-state index in [2.05, 4.69) is 0 Å². The van der Waals surface area contributed by atoms with Crippen LogP contribution in [0.3, 0.4) is 0 Å². The summed E-state index contributed by atoms with van der Waals surface area (Å²) in [6, 6.07) is 7.91. The summed E-state index contributed by atoms with van der Waals surface area (Å²) in [4.78, 5) is 14.8. The molecule has 0 saturated heterocycles. The van der Waals surface area contributed by atoms with Crippen molar-refractivity contribution in [3.8, 4) is 0 Å². The third-order valence-electron chi connectivity index (χ3n) is 4.03. The van der Waals surface area contributed by atoms with E-state index in [0.717, 1.165) is 36.9 Å². The lowest BCUT2D eigenvalue weighted by Crippen LogP contribution is -2.48. The first-order chi connectivity index (χ1) is 8.97. The van der Waals surface area contributed by atoms with E-state index in [0.29, 0.717) is 4.99 Å². The summed E-state index contributed by atoms with van der Waals surface area (Å²) >= 11 is 5.17. The average molecular weight is 276 g/mol. The molecule has 1 aliphatic carbocycles. The molecule has 4 heteroatoms. The van der Waals surface area contributed by atoms with Crippen LogP contribution in [0.2, 0.25) is 0 Å². The quantitative estimate of drug-likeness (QED) is 0.864. The molecule has 1 aromatic carbocycles. The summed E-state index contributed by atoms with van der Waals surface area (Å²) in [7, 11) is 1.80. The number of benzene rings is 1. The number of carbonyl (C=O) groups excluding carboxylic acids is 1. The fourth-order valence-electron chi connectivity index (χ4n) is 2.82. The van der Waals surface area contributed by atoms with Gasteiger partial charge < -0.3 is 10.6 Å². The van der Waals surface area contributed by atoms with Gasteiger partial charge in [0, 0.05) is 12.7 Å². The molecule has 0 aromatic heterocycles. The van der Waals surface area contributed by atoms with Crippen molar-refractivity contribution in [1.29, 1.82) is 0 Å². The minimum Gasteiger partial charge on any atom is -0.392 e. The molecule has 0 heterocycles. The van der Waals surface area contributed by atoms with Crippen molar-refractivity contribution in [3.05, 3.63) is 29.8 Å². The second kappa shape index (κ2) is 5.29. The van der Waals surface area contributed by atoms with Crippen molar-refractivity contribution in [2.75, 3.05) is 11.9 Å². The van der Waals surface area contributed by atoms with Gasteiger partial charge in [0.15, 0.2) is 0 Å². The second-order valence-electron chi connectivity index (χ2n) is 5.36. The number of carbonyl (C=O) groups is 1. The molecule has 2 rings (SSSR count). The van der Waals surface area contributed by atoms with Gasteiger partial charge in [0.05, 0.1) is 10.4 Å². The number of rotatable bonds is 3. The molecule has 1 aliphatic rings. The molecule has 2 N–H and O–H groups in total. The van der Waals surface area contributed by atoms with Gasteiger partial charge in [0.1, 0.15) is 0 Å². The molecule has 1 fully saturated rings. The smallest absolute Gasteiger partial charge is 0.239 e. The highest BCUT2D eigenvalue weighted by atomic mass is 32.1. The van der Waals surface area contributed by atoms with Crippen LogP contribution < -0.4 is 10.6 Å². The zero-order valence-corrected chi connectivity index (χ0v) is 12.3. The van der Waals surface area contributed by atoms with Gasteiger partial charge in [-0.2, -0.15) is 0 Å². The number of thiocarbonyl (C=S) groups is 1. The summed E-state index contributed by atoms with van der Waals surface area (Å²) in [5.41, 5.74) is 7.26. The summed E-state index contributed by atoms with van der Waals surface area (Å²) < 4.78 is 0. The van der Waals surface area contributed by atoms with Gasteiger partial charge in [0.25, 0.3) is 0 Å². The average Bonchev–Trinajstić information content (AvgIpc) is 2.87. The fraction of sp³-hybridized carbons (Fsp3) is 0.467. The van der Waals surface area contributed by atoms with Gasteiger partial charge in [-0.05, 0) is 37.5 Å². The van der Waals surface area contributed by atoms with Crippen LogP contribution in [0.4, 0.5) is 5.69 Å². The number of amides is 1. The van der Waals surface area contributed by atoms with Crippen molar-refractivity contribution < 1.29 is 4.79 Å². The van der Waals surface area contributed by atoms with Crippen LogP contribution >= 0.6 is 12.2 Å². The van der Waals surface area contributed by atoms with Crippen molar-refractivity contribution in [1.82, 2.24) is 0 Å². The monoisotopic (exact) mass is 276 g/mol. The molecule has 3 nitrogen and oxygen atoms in total. The van der Waals surface area contributed by atoms with E-state index in [-0.39, 0.29) is 5.91 Å². The Kier molecular flexibility index (Phi) is 3.90. The normalized spacial score (nSPS) is 17.2. The maximum Gasteiger partial charge on any atom is 0.239 e. The molecule has 1 saturated carbocycles. The second-order valence-corrected chi connectivity index (χ2v) is 5.80. The van der Waals surface area contributed by atoms with Gasteiger partial charge in [-0.25, -0.2) is 0 Å². The predicted molar refractivity (Wildman–Crippen MR) is 82.3 cm³/mol. The first-order valence-corrected chi connectivity index (χ1v) is 7.03. The Bertz CT molecular complexity index is 507. The maximum absolute atomic E-state index is 12.8. The van der Waals surface area contributed by atoms with E-state index in [1.807, 2.05) is 31.2 Å². The van der Waals surface area contributed by atoms with Crippen LogP contribution in [0.15, 0.2) is 24.3 Å². The number of nitrogens with zero attached hydrogens (tertiary/aromatic N) is 1. The van der Waals surface area contributed by atoms with Gasteiger partial charge in [-0.3, -0.25) is 4.79 Å². The van der Waals surface area contributed by atoms with Crippen LogP contribution in [0, 0.1) is 12.3 Å². The minimum absolute atomic E-state index is 0.0306. The predicted octanol–water partition coefficient (Wildman–Crippen LogP) is 2.80. The Labute approximate surface area is 119 Å². The largest absolute Gasteiger partial charge is 0.392 e. The van der Waals surface area contributed by atoms with Gasteiger partial charge in [-0.15, -0.1) is 0 Å². The zero-order valence-electron chi connectivity index (χ0n) is 11.5. The Morgan fingerprint density at radius 1 is 1.37 bits per heavy atom. The van der Waals surface area contributed by atoms with E-state index >= 15 is 0 Å². The van der Waals surface area contributed by atoms with Gasteiger partial charge in [-0.1, -0.05) is 37.2 Å². The third-order valence-corrected chi connectivity index (χ3v) is 4.42. The first-order valence-electron chi connectivity index (χ1n) is 6.62. The highest BCUT2D eigenvalue weighted by Gasteiger charge is 2.45. The van der Waals surface area contributed by atoms with Crippen LogP contribution in [0.25, 0.3) is 0 Å². The van der Waals surface area contributed by atoms with Crippen LogP contribution in [-0.4, -0.2) is 17.9 Å². The molecule has 0 aliphatic heterocycles. The van der Waals surface area contributed by atoms with Crippen LogP contribution in [0.5, 0.6) is 0 Å². The highest BCUT2D eigenvalue weighted by molar-refractivity contribution is 7.80. The van der Waals surface area contributed by atoms with E-state index in [4.69, 9.17) is 18.0 Å². The Morgan fingerprint density at radius 2 is 2.00 bits per heavy atom. The molecular weight excluding hydrogens is 256 g/mol. The maximum atomic E-state index is 12.8. The van der Waals surface area contributed by atoms with Crippen LogP contribution in [-0.2, 0) is 4.79 Å². The number of aryl methyl sites for hydroxylation is 1. The molecule has 0 unspecified atom stereocenters. The standard InChI is InChI=1S/C15H20N2OS/c1-11-6-5-7-12(10-11)17(2)14(18)15(13(16)19)8-3-4-9-15/h5-7,10H,3-4,8-9H2,1-2H3,(H2,16,19). The number of hydrogen-bond acceptors (Lipinski definition) is 2. The van der Waals surface area contributed by atoms with Crippen molar-refractivity contribution in [2.45, 2.75) is 32.6 Å². The fourth-order valence-corrected chi connectivity index (χ4v) is 3.11. The van der Waals surface area contributed by atoms with Crippen molar-refractivity contribution in [3.63, 3.8) is 0 Å². The van der Waals surface area contributed by atoms with E-state index in [1.54, 1.807) is 11.9 Å². The number of hydrogen-bond donors (Lipinski definition) is 1. The number of anilines is 1. The molecule has 0 radical (unpaired) electrons. The lowest BCUT2D eigenvalue weighted by molar-refractivity contribution is -0.124. The lowest BCUT2D eigenvalue weighted by atomic mass is 9.84.